The van der Waals surface area contributed by atoms with Crippen molar-refractivity contribution in [3.63, 3.8) is 0 Å². The van der Waals surface area contributed by atoms with Crippen molar-refractivity contribution in [2.75, 3.05) is 30.8 Å². The van der Waals surface area contributed by atoms with Crippen molar-refractivity contribution >= 4 is 17.5 Å². The Hall–Kier alpha value is -1.89. The monoisotopic (exact) mass is 253 g/mol. The van der Waals surface area contributed by atoms with E-state index >= 15 is 0 Å². The number of hydrogen-bond acceptors (Lipinski definition) is 6. The predicted octanol–water partition coefficient (Wildman–Crippen LogP) is 0.342. The van der Waals surface area contributed by atoms with Gasteiger partial charge in [0.1, 0.15) is 18.2 Å². The lowest BCUT2D eigenvalue weighted by Crippen LogP contribution is -2.17. The number of amides is 1. The standard InChI is InChI=1S/C11H19N5O2/c1-3-13-9-6-10(14-5-4-8(12)17)16-11(15-9)7-18-2/h6H,3-5,7H2,1-2H3,(H2,12,17)(H2,13,14,15,16). The van der Waals surface area contributed by atoms with Crippen molar-refractivity contribution in [3.8, 4) is 0 Å². The molecule has 18 heavy (non-hydrogen) atoms. The lowest BCUT2D eigenvalue weighted by molar-refractivity contribution is -0.117. The number of carbonyl (C=O) groups excluding carboxylic acids is 1. The maximum atomic E-state index is 10.6. The molecule has 4 N–H and O–H groups in total. The van der Waals surface area contributed by atoms with Crippen molar-refractivity contribution in [2.45, 2.75) is 20.0 Å². The Balaban J connectivity index is 2.71. The molecular formula is C11H19N5O2. The highest BCUT2D eigenvalue weighted by Crippen LogP contribution is 2.11. The van der Waals surface area contributed by atoms with Gasteiger partial charge in [0, 0.05) is 32.7 Å². The Morgan fingerprint density at radius 3 is 2.61 bits per heavy atom. The normalized spacial score (nSPS) is 10.1. The first kappa shape index (κ1) is 14.2. The summed E-state index contributed by atoms with van der Waals surface area (Å²) in [5, 5.41) is 6.13. The molecule has 0 atom stereocenters. The molecule has 0 radical (unpaired) electrons. The minimum absolute atomic E-state index is 0.264. The molecule has 1 rings (SSSR count). The molecule has 0 fully saturated rings. The average Bonchev–Trinajstić information content (AvgIpc) is 2.29. The van der Waals surface area contributed by atoms with Gasteiger partial charge in [-0.15, -0.1) is 0 Å². The van der Waals surface area contributed by atoms with E-state index in [-0.39, 0.29) is 12.3 Å². The zero-order chi connectivity index (χ0) is 13.4. The fourth-order valence-corrected chi connectivity index (χ4v) is 1.37. The first-order valence-electron chi connectivity index (χ1n) is 5.78. The van der Waals surface area contributed by atoms with Crippen molar-refractivity contribution in [1.29, 1.82) is 0 Å². The third-order valence-corrected chi connectivity index (χ3v) is 2.08. The average molecular weight is 253 g/mol. The number of carbonyl (C=O) groups is 1. The van der Waals surface area contributed by atoms with Crippen LogP contribution in [0.1, 0.15) is 19.2 Å². The van der Waals surface area contributed by atoms with E-state index in [4.69, 9.17) is 10.5 Å². The van der Waals surface area contributed by atoms with Crippen LogP contribution in [0.5, 0.6) is 0 Å². The van der Waals surface area contributed by atoms with E-state index in [0.717, 1.165) is 12.4 Å². The molecule has 0 spiro atoms. The van der Waals surface area contributed by atoms with Crippen molar-refractivity contribution in [3.05, 3.63) is 11.9 Å². The third-order valence-electron chi connectivity index (χ3n) is 2.08. The fourth-order valence-electron chi connectivity index (χ4n) is 1.37. The highest BCUT2D eigenvalue weighted by molar-refractivity contribution is 5.74. The van der Waals surface area contributed by atoms with E-state index in [0.29, 0.717) is 24.8 Å². The Bertz CT molecular complexity index is 373. The molecule has 7 nitrogen and oxygen atoms in total. The first-order valence-corrected chi connectivity index (χ1v) is 5.78. The predicted molar refractivity (Wildman–Crippen MR) is 69.2 cm³/mol. The fraction of sp³-hybridized carbons (Fsp3) is 0.545. The van der Waals surface area contributed by atoms with Crippen LogP contribution in [0.4, 0.5) is 11.6 Å². The molecule has 7 heteroatoms. The number of methoxy groups -OCH3 is 1. The lowest BCUT2D eigenvalue weighted by atomic mass is 10.4. The van der Waals surface area contributed by atoms with Crippen LogP contribution in [0.15, 0.2) is 6.07 Å². The van der Waals surface area contributed by atoms with E-state index in [1.165, 1.54) is 0 Å². The molecule has 1 heterocycles. The summed E-state index contributed by atoms with van der Waals surface area (Å²) in [6.45, 7) is 3.54. The summed E-state index contributed by atoms with van der Waals surface area (Å²) in [5.74, 6) is 1.61. The summed E-state index contributed by atoms with van der Waals surface area (Å²) in [6, 6.07) is 1.78. The number of aromatic nitrogens is 2. The lowest BCUT2D eigenvalue weighted by Gasteiger charge is -2.09. The van der Waals surface area contributed by atoms with Crippen molar-refractivity contribution in [1.82, 2.24) is 9.97 Å². The van der Waals surface area contributed by atoms with Gasteiger partial charge in [-0.3, -0.25) is 4.79 Å². The van der Waals surface area contributed by atoms with Gasteiger partial charge in [-0.05, 0) is 6.92 Å². The van der Waals surface area contributed by atoms with Crippen LogP contribution in [-0.2, 0) is 16.1 Å². The van der Waals surface area contributed by atoms with Gasteiger partial charge in [-0.25, -0.2) is 9.97 Å². The van der Waals surface area contributed by atoms with Crippen LogP contribution in [0.3, 0.4) is 0 Å². The number of nitrogens with one attached hydrogen (secondary N) is 2. The number of anilines is 2. The van der Waals surface area contributed by atoms with E-state index in [2.05, 4.69) is 20.6 Å². The Labute approximate surface area is 106 Å². The molecule has 100 valence electrons. The summed E-state index contributed by atoms with van der Waals surface area (Å²) < 4.78 is 5.00. The quantitative estimate of drug-likeness (QED) is 0.617. The van der Waals surface area contributed by atoms with Crippen LogP contribution in [0, 0.1) is 0 Å². The third kappa shape index (κ3) is 4.96. The molecule has 0 saturated carbocycles. The summed E-state index contributed by atoms with van der Waals surface area (Å²) in [6.07, 6.45) is 0.264. The zero-order valence-electron chi connectivity index (χ0n) is 10.7. The number of hydrogen-bond donors (Lipinski definition) is 3. The second-order valence-electron chi connectivity index (χ2n) is 3.66. The molecule has 0 bridgehead atoms. The molecule has 0 aliphatic rings. The topological polar surface area (TPSA) is 102 Å². The van der Waals surface area contributed by atoms with E-state index in [1.807, 2.05) is 6.92 Å². The van der Waals surface area contributed by atoms with Gasteiger partial charge >= 0.3 is 0 Å². The van der Waals surface area contributed by atoms with Gasteiger partial charge in [0.15, 0.2) is 5.82 Å². The van der Waals surface area contributed by atoms with Gasteiger partial charge in [-0.2, -0.15) is 0 Å². The summed E-state index contributed by atoms with van der Waals surface area (Å²) >= 11 is 0. The molecule has 0 saturated heterocycles. The molecular weight excluding hydrogens is 234 g/mol. The van der Waals surface area contributed by atoms with Crippen LogP contribution >= 0.6 is 0 Å². The summed E-state index contributed by atoms with van der Waals surface area (Å²) in [5.41, 5.74) is 5.07. The molecule has 1 aromatic rings. The Morgan fingerprint density at radius 1 is 1.39 bits per heavy atom. The smallest absolute Gasteiger partial charge is 0.219 e. The summed E-state index contributed by atoms with van der Waals surface area (Å²) in [7, 11) is 1.59. The van der Waals surface area contributed by atoms with E-state index < -0.39 is 0 Å². The molecule has 1 aromatic heterocycles. The van der Waals surface area contributed by atoms with Gasteiger partial charge in [0.2, 0.25) is 5.91 Å². The maximum Gasteiger partial charge on any atom is 0.219 e. The molecule has 0 aliphatic carbocycles. The van der Waals surface area contributed by atoms with E-state index in [9.17, 15) is 4.79 Å². The molecule has 0 aromatic carbocycles. The Kier molecular flexibility index (Phi) is 5.86. The van der Waals surface area contributed by atoms with Crippen LogP contribution in [0.25, 0.3) is 0 Å². The van der Waals surface area contributed by atoms with E-state index in [1.54, 1.807) is 13.2 Å². The van der Waals surface area contributed by atoms with Gasteiger partial charge < -0.3 is 21.1 Å². The number of ether oxygens (including phenoxy) is 1. The summed E-state index contributed by atoms with van der Waals surface area (Å²) in [4.78, 5) is 19.2. The highest BCUT2D eigenvalue weighted by atomic mass is 16.5. The largest absolute Gasteiger partial charge is 0.377 e. The molecule has 0 aliphatic heterocycles. The minimum Gasteiger partial charge on any atom is -0.377 e. The minimum atomic E-state index is -0.347. The van der Waals surface area contributed by atoms with Gasteiger partial charge in [0.25, 0.3) is 0 Å². The second kappa shape index (κ2) is 7.44. The van der Waals surface area contributed by atoms with Crippen molar-refractivity contribution in [2.24, 2.45) is 5.73 Å². The van der Waals surface area contributed by atoms with Crippen LogP contribution in [0.2, 0.25) is 0 Å². The number of nitrogens with zero attached hydrogens (tertiary/aromatic N) is 2. The van der Waals surface area contributed by atoms with Gasteiger partial charge in [0.05, 0.1) is 0 Å². The SMILES string of the molecule is CCNc1cc(NCCC(N)=O)nc(COC)n1. The van der Waals surface area contributed by atoms with Crippen LogP contribution < -0.4 is 16.4 Å². The highest BCUT2D eigenvalue weighted by Gasteiger charge is 2.04. The second-order valence-corrected chi connectivity index (χ2v) is 3.66. The van der Waals surface area contributed by atoms with Gasteiger partial charge in [-0.1, -0.05) is 0 Å². The molecule has 0 unspecified atom stereocenters. The number of primary amides is 1. The van der Waals surface area contributed by atoms with Crippen LogP contribution in [-0.4, -0.2) is 36.1 Å². The number of rotatable bonds is 8. The zero-order valence-corrected chi connectivity index (χ0v) is 10.7. The molecule has 1 amide bonds. The first-order chi connectivity index (χ1) is 8.65. The Morgan fingerprint density at radius 2 is 2.06 bits per heavy atom. The maximum absolute atomic E-state index is 10.6. The number of nitrogens with two attached hydrogens (primary N) is 1. The van der Waals surface area contributed by atoms with Crippen molar-refractivity contribution < 1.29 is 9.53 Å².